The SMILES string of the molecule is C[C@@H](O)c1ccc(Oc2ccc(CCO)cc2)cc1. The van der Waals surface area contributed by atoms with Gasteiger partial charge in [0.05, 0.1) is 6.10 Å². The van der Waals surface area contributed by atoms with Gasteiger partial charge in [-0.1, -0.05) is 24.3 Å². The number of hydrogen-bond acceptors (Lipinski definition) is 3. The quantitative estimate of drug-likeness (QED) is 0.866. The zero-order valence-electron chi connectivity index (χ0n) is 10.9. The first-order chi connectivity index (χ1) is 9.19. The Morgan fingerprint density at radius 1 is 0.947 bits per heavy atom. The minimum absolute atomic E-state index is 0.154. The van der Waals surface area contributed by atoms with E-state index in [4.69, 9.17) is 9.84 Å². The fourth-order valence-electron chi connectivity index (χ4n) is 1.80. The summed E-state index contributed by atoms with van der Waals surface area (Å²) in [6.45, 7) is 1.89. The summed E-state index contributed by atoms with van der Waals surface area (Å²) in [6.07, 6.45) is 0.190. The van der Waals surface area contributed by atoms with Crippen LogP contribution in [0.5, 0.6) is 11.5 Å². The highest BCUT2D eigenvalue weighted by molar-refractivity contribution is 5.35. The van der Waals surface area contributed by atoms with Crippen LogP contribution >= 0.6 is 0 Å². The third-order valence-electron chi connectivity index (χ3n) is 2.92. The van der Waals surface area contributed by atoms with Gasteiger partial charge < -0.3 is 14.9 Å². The molecule has 100 valence electrons. The molecule has 2 N–H and O–H groups in total. The average Bonchev–Trinajstić information content (AvgIpc) is 2.42. The molecule has 0 aliphatic carbocycles. The van der Waals surface area contributed by atoms with E-state index in [1.165, 1.54) is 0 Å². The molecule has 0 heterocycles. The zero-order valence-corrected chi connectivity index (χ0v) is 10.9. The third-order valence-corrected chi connectivity index (χ3v) is 2.92. The molecule has 0 aliphatic heterocycles. The van der Waals surface area contributed by atoms with Gasteiger partial charge in [-0.3, -0.25) is 0 Å². The van der Waals surface area contributed by atoms with Crippen LogP contribution in [0.2, 0.25) is 0 Å². The summed E-state index contributed by atoms with van der Waals surface area (Å²) in [4.78, 5) is 0. The summed E-state index contributed by atoms with van der Waals surface area (Å²) in [5.74, 6) is 1.49. The van der Waals surface area contributed by atoms with Gasteiger partial charge in [-0.05, 0) is 48.7 Å². The van der Waals surface area contributed by atoms with Gasteiger partial charge >= 0.3 is 0 Å². The van der Waals surface area contributed by atoms with E-state index < -0.39 is 6.10 Å². The first-order valence-corrected chi connectivity index (χ1v) is 6.34. The van der Waals surface area contributed by atoms with Gasteiger partial charge in [-0.2, -0.15) is 0 Å². The van der Waals surface area contributed by atoms with Crippen LogP contribution in [0, 0.1) is 0 Å². The Balaban J connectivity index is 2.04. The molecule has 19 heavy (non-hydrogen) atoms. The molecular weight excluding hydrogens is 240 g/mol. The molecule has 0 saturated heterocycles. The molecule has 3 heteroatoms. The predicted octanol–water partition coefficient (Wildman–Crippen LogP) is 3.07. The standard InChI is InChI=1S/C16H18O3/c1-12(18)14-4-8-16(9-5-14)19-15-6-2-13(3-7-15)10-11-17/h2-9,12,17-18H,10-11H2,1H3/t12-/m1/s1. The lowest BCUT2D eigenvalue weighted by Gasteiger charge is -2.08. The Hall–Kier alpha value is -1.84. The zero-order chi connectivity index (χ0) is 13.7. The van der Waals surface area contributed by atoms with E-state index in [0.29, 0.717) is 6.42 Å². The van der Waals surface area contributed by atoms with Gasteiger partial charge in [0.15, 0.2) is 0 Å². The lowest BCUT2D eigenvalue weighted by Crippen LogP contribution is -1.92. The summed E-state index contributed by atoms with van der Waals surface area (Å²) in [6, 6.07) is 15.0. The van der Waals surface area contributed by atoms with Gasteiger partial charge in [0.2, 0.25) is 0 Å². The molecule has 1 atom stereocenters. The molecule has 0 saturated carbocycles. The van der Waals surface area contributed by atoms with Crippen molar-refractivity contribution in [2.75, 3.05) is 6.61 Å². The number of rotatable bonds is 5. The Morgan fingerprint density at radius 3 is 1.95 bits per heavy atom. The third kappa shape index (κ3) is 3.81. The lowest BCUT2D eigenvalue weighted by atomic mass is 10.1. The second-order valence-corrected chi connectivity index (χ2v) is 4.46. The van der Waals surface area contributed by atoms with Crippen LogP contribution in [-0.4, -0.2) is 16.8 Å². The topological polar surface area (TPSA) is 49.7 Å². The van der Waals surface area contributed by atoms with E-state index in [-0.39, 0.29) is 6.61 Å². The fraction of sp³-hybridized carbons (Fsp3) is 0.250. The number of aliphatic hydroxyl groups is 2. The molecule has 0 spiro atoms. The van der Waals surface area contributed by atoms with Crippen molar-refractivity contribution in [3.63, 3.8) is 0 Å². The lowest BCUT2D eigenvalue weighted by molar-refractivity contribution is 0.199. The molecule has 0 fully saturated rings. The van der Waals surface area contributed by atoms with Crippen molar-refractivity contribution >= 4 is 0 Å². The van der Waals surface area contributed by atoms with Crippen LogP contribution < -0.4 is 4.74 Å². The average molecular weight is 258 g/mol. The molecule has 0 bridgehead atoms. The van der Waals surface area contributed by atoms with E-state index >= 15 is 0 Å². The minimum Gasteiger partial charge on any atom is -0.457 e. The van der Waals surface area contributed by atoms with Crippen molar-refractivity contribution in [1.82, 2.24) is 0 Å². The molecule has 0 amide bonds. The largest absolute Gasteiger partial charge is 0.457 e. The first-order valence-electron chi connectivity index (χ1n) is 6.34. The number of aliphatic hydroxyl groups excluding tert-OH is 2. The van der Waals surface area contributed by atoms with Gasteiger partial charge in [-0.15, -0.1) is 0 Å². The maximum atomic E-state index is 9.42. The van der Waals surface area contributed by atoms with Crippen LogP contribution in [0.3, 0.4) is 0 Å². The van der Waals surface area contributed by atoms with E-state index in [9.17, 15) is 5.11 Å². The molecule has 2 aromatic carbocycles. The Morgan fingerprint density at radius 2 is 1.47 bits per heavy atom. The summed E-state index contributed by atoms with van der Waals surface area (Å²) >= 11 is 0. The van der Waals surface area contributed by atoms with Crippen LogP contribution in [0.1, 0.15) is 24.2 Å². The van der Waals surface area contributed by atoms with E-state index in [0.717, 1.165) is 22.6 Å². The number of hydrogen-bond donors (Lipinski definition) is 2. The Bertz CT molecular complexity index is 501. The van der Waals surface area contributed by atoms with Gasteiger partial charge in [0.1, 0.15) is 11.5 Å². The Labute approximate surface area is 113 Å². The maximum absolute atomic E-state index is 9.42. The van der Waals surface area contributed by atoms with Crippen molar-refractivity contribution in [2.45, 2.75) is 19.4 Å². The van der Waals surface area contributed by atoms with E-state index in [2.05, 4.69) is 0 Å². The Kier molecular flexibility index (Phi) is 4.55. The molecule has 0 aromatic heterocycles. The smallest absolute Gasteiger partial charge is 0.127 e. The summed E-state index contributed by atoms with van der Waals surface area (Å²) in [7, 11) is 0. The van der Waals surface area contributed by atoms with Crippen LogP contribution in [0.15, 0.2) is 48.5 Å². The molecular formula is C16H18O3. The maximum Gasteiger partial charge on any atom is 0.127 e. The number of ether oxygens (including phenoxy) is 1. The summed E-state index contributed by atoms with van der Waals surface area (Å²) in [5, 5.41) is 18.3. The van der Waals surface area contributed by atoms with Gasteiger partial charge in [0, 0.05) is 6.61 Å². The highest BCUT2D eigenvalue weighted by Gasteiger charge is 2.02. The molecule has 2 aromatic rings. The highest BCUT2D eigenvalue weighted by Crippen LogP contribution is 2.23. The van der Waals surface area contributed by atoms with E-state index in [1.54, 1.807) is 6.92 Å². The van der Waals surface area contributed by atoms with Crippen molar-refractivity contribution in [1.29, 1.82) is 0 Å². The van der Waals surface area contributed by atoms with Crippen molar-refractivity contribution < 1.29 is 14.9 Å². The van der Waals surface area contributed by atoms with Crippen LogP contribution in [0.25, 0.3) is 0 Å². The molecule has 0 unspecified atom stereocenters. The predicted molar refractivity (Wildman–Crippen MR) is 74.4 cm³/mol. The molecule has 0 radical (unpaired) electrons. The molecule has 2 rings (SSSR count). The molecule has 3 nitrogen and oxygen atoms in total. The van der Waals surface area contributed by atoms with Gasteiger partial charge in [-0.25, -0.2) is 0 Å². The normalized spacial score (nSPS) is 12.2. The highest BCUT2D eigenvalue weighted by atomic mass is 16.5. The second kappa shape index (κ2) is 6.36. The number of benzene rings is 2. The second-order valence-electron chi connectivity index (χ2n) is 4.46. The monoisotopic (exact) mass is 258 g/mol. The van der Waals surface area contributed by atoms with Crippen LogP contribution in [-0.2, 0) is 6.42 Å². The minimum atomic E-state index is -0.466. The molecule has 0 aliphatic rings. The van der Waals surface area contributed by atoms with E-state index in [1.807, 2.05) is 48.5 Å². The van der Waals surface area contributed by atoms with Crippen molar-refractivity contribution in [2.24, 2.45) is 0 Å². The summed E-state index contributed by atoms with van der Waals surface area (Å²) in [5.41, 5.74) is 1.95. The van der Waals surface area contributed by atoms with Crippen molar-refractivity contribution in [3.8, 4) is 11.5 Å². The fourth-order valence-corrected chi connectivity index (χ4v) is 1.80. The van der Waals surface area contributed by atoms with Crippen LogP contribution in [0.4, 0.5) is 0 Å². The first kappa shape index (κ1) is 13.6. The van der Waals surface area contributed by atoms with Crippen molar-refractivity contribution in [3.05, 3.63) is 59.7 Å². The van der Waals surface area contributed by atoms with Gasteiger partial charge in [0.25, 0.3) is 0 Å². The summed E-state index contributed by atoms with van der Waals surface area (Å²) < 4.78 is 5.70.